The zero-order valence-corrected chi connectivity index (χ0v) is 15.0. The Morgan fingerprint density at radius 2 is 2.09 bits per heavy atom. The van der Waals surface area contributed by atoms with Gasteiger partial charge in [-0.3, -0.25) is 5.43 Å². The molecule has 0 atom stereocenters. The molecule has 0 radical (unpaired) electrons. The molecule has 2 aromatic heterocycles. The highest BCUT2D eigenvalue weighted by Gasteiger charge is 2.17. The van der Waals surface area contributed by atoms with Crippen molar-refractivity contribution < 1.29 is 4.42 Å². The van der Waals surface area contributed by atoms with Crippen molar-refractivity contribution >= 4 is 44.8 Å². The predicted octanol–water partition coefficient (Wildman–Crippen LogP) is 5.68. The molecule has 6 heteroatoms. The number of nitrogens with one attached hydrogen (secondary N) is 1. The van der Waals surface area contributed by atoms with Gasteiger partial charge < -0.3 is 4.42 Å². The van der Waals surface area contributed by atoms with E-state index in [1.54, 1.807) is 11.3 Å². The number of thiazole rings is 1. The molecule has 0 saturated heterocycles. The number of benzene rings is 1. The van der Waals surface area contributed by atoms with Crippen LogP contribution in [0.5, 0.6) is 0 Å². The maximum Gasteiger partial charge on any atom is 0.203 e. The molecule has 0 aliphatic rings. The number of fused-ring (bicyclic) bond motifs is 1. The summed E-state index contributed by atoms with van der Waals surface area (Å²) in [5.74, 6) is 0.711. The molecule has 0 fully saturated rings. The van der Waals surface area contributed by atoms with E-state index in [2.05, 4.69) is 41.7 Å². The van der Waals surface area contributed by atoms with Gasteiger partial charge in [0.15, 0.2) is 5.76 Å². The van der Waals surface area contributed by atoms with Gasteiger partial charge in [0.1, 0.15) is 11.3 Å². The van der Waals surface area contributed by atoms with E-state index in [-0.39, 0.29) is 5.41 Å². The minimum absolute atomic E-state index is 0.0349. The number of hydrogen-bond donors (Lipinski definition) is 1. The van der Waals surface area contributed by atoms with Gasteiger partial charge >= 0.3 is 0 Å². The van der Waals surface area contributed by atoms with Crippen LogP contribution in [0.25, 0.3) is 11.0 Å². The van der Waals surface area contributed by atoms with E-state index in [1.165, 1.54) is 0 Å². The number of furan rings is 1. The van der Waals surface area contributed by atoms with Crippen molar-refractivity contribution in [3.63, 3.8) is 0 Å². The van der Waals surface area contributed by atoms with E-state index in [0.29, 0.717) is 10.8 Å². The minimum atomic E-state index is 0.0349. The first kappa shape index (κ1) is 16.0. The van der Waals surface area contributed by atoms with E-state index in [1.807, 2.05) is 31.2 Å². The van der Waals surface area contributed by atoms with Gasteiger partial charge in [-0.05, 0) is 31.2 Å². The molecule has 0 bridgehead atoms. The van der Waals surface area contributed by atoms with E-state index in [9.17, 15) is 0 Å². The molecule has 0 spiro atoms. The third kappa shape index (κ3) is 3.57. The molecule has 1 N–H and O–H groups in total. The number of nitrogens with zero attached hydrogens (tertiary/aromatic N) is 2. The Balaban J connectivity index is 1.79. The molecule has 3 rings (SSSR count). The van der Waals surface area contributed by atoms with Crippen molar-refractivity contribution in [3.05, 3.63) is 46.1 Å². The fourth-order valence-electron chi connectivity index (χ4n) is 2.05. The van der Waals surface area contributed by atoms with E-state index in [4.69, 9.17) is 16.0 Å². The average Bonchev–Trinajstić information content (AvgIpc) is 3.10. The number of anilines is 1. The Kier molecular flexibility index (Phi) is 4.17. The van der Waals surface area contributed by atoms with Gasteiger partial charge in [0.2, 0.25) is 5.13 Å². The Morgan fingerprint density at radius 1 is 1.30 bits per heavy atom. The maximum absolute atomic E-state index is 6.00. The number of hydrogen-bond acceptors (Lipinski definition) is 5. The van der Waals surface area contributed by atoms with Crippen LogP contribution in [0.1, 0.15) is 39.1 Å². The summed E-state index contributed by atoms with van der Waals surface area (Å²) in [6.07, 6.45) is 0. The van der Waals surface area contributed by atoms with Gasteiger partial charge in [0.05, 0.1) is 5.69 Å². The first-order chi connectivity index (χ1) is 10.8. The van der Waals surface area contributed by atoms with Gasteiger partial charge in [-0.15, -0.1) is 11.3 Å². The second-order valence-electron chi connectivity index (χ2n) is 6.39. The summed E-state index contributed by atoms with van der Waals surface area (Å²) in [5, 5.41) is 8.84. The van der Waals surface area contributed by atoms with Crippen molar-refractivity contribution in [1.82, 2.24) is 4.98 Å². The first-order valence-corrected chi connectivity index (χ1v) is 8.54. The average molecular weight is 348 g/mol. The molecule has 0 saturated carbocycles. The van der Waals surface area contributed by atoms with Crippen molar-refractivity contribution in [2.75, 3.05) is 5.43 Å². The second-order valence-corrected chi connectivity index (χ2v) is 7.68. The van der Waals surface area contributed by atoms with Gasteiger partial charge in [-0.25, -0.2) is 4.98 Å². The topological polar surface area (TPSA) is 50.4 Å². The summed E-state index contributed by atoms with van der Waals surface area (Å²) in [7, 11) is 0. The van der Waals surface area contributed by atoms with Gasteiger partial charge in [-0.1, -0.05) is 32.4 Å². The Morgan fingerprint density at radius 3 is 2.78 bits per heavy atom. The van der Waals surface area contributed by atoms with Crippen LogP contribution >= 0.6 is 22.9 Å². The zero-order valence-electron chi connectivity index (χ0n) is 13.5. The van der Waals surface area contributed by atoms with E-state index < -0.39 is 0 Å². The molecule has 2 heterocycles. The van der Waals surface area contributed by atoms with Crippen LogP contribution in [0.15, 0.2) is 39.2 Å². The third-order valence-corrected chi connectivity index (χ3v) is 4.41. The highest BCUT2D eigenvalue weighted by Crippen LogP contribution is 2.27. The molecule has 23 heavy (non-hydrogen) atoms. The normalized spacial score (nSPS) is 12.8. The van der Waals surface area contributed by atoms with Crippen LogP contribution in [-0.4, -0.2) is 10.7 Å². The third-order valence-electron chi connectivity index (χ3n) is 3.43. The quantitative estimate of drug-likeness (QED) is 0.490. The SMILES string of the molecule is CC(=NNc1nc(C(C)(C)C)cs1)c1cc2cc(Cl)ccc2o1. The Labute approximate surface area is 144 Å². The number of rotatable bonds is 3. The summed E-state index contributed by atoms with van der Waals surface area (Å²) in [5.41, 5.74) is 5.64. The molecule has 120 valence electrons. The molecule has 0 unspecified atom stereocenters. The van der Waals surface area contributed by atoms with Crippen LogP contribution in [0, 0.1) is 0 Å². The van der Waals surface area contributed by atoms with Crippen LogP contribution in [-0.2, 0) is 5.41 Å². The largest absolute Gasteiger partial charge is 0.455 e. The molecule has 1 aromatic carbocycles. The molecular weight excluding hydrogens is 330 g/mol. The number of halogens is 1. The van der Waals surface area contributed by atoms with E-state index in [0.717, 1.165) is 27.5 Å². The molecule has 0 aliphatic heterocycles. The van der Waals surface area contributed by atoms with Crippen molar-refractivity contribution in [3.8, 4) is 0 Å². The monoisotopic (exact) mass is 347 g/mol. The number of aromatic nitrogens is 1. The molecule has 0 amide bonds. The van der Waals surface area contributed by atoms with Gasteiger partial charge in [-0.2, -0.15) is 5.10 Å². The number of hydrazone groups is 1. The summed E-state index contributed by atoms with van der Waals surface area (Å²) in [4.78, 5) is 4.55. The summed E-state index contributed by atoms with van der Waals surface area (Å²) in [6, 6.07) is 7.48. The molecule has 4 nitrogen and oxygen atoms in total. The summed E-state index contributed by atoms with van der Waals surface area (Å²) in [6.45, 7) is 8.31. The van der Waals surface area contributed by atoms with Crippen LogP contribution in [0.4, 0.5) is 5.13 Å². The van der Waals surface area contributed by atoms with Crippen molar-refractivity contribution in [2.45, 2.75) is 33.1 Å². The Bertz CT molecular complexity index is 873. The van der Waals surface area contributed by atoms with Crippen LogP contribution in [0.2, 0.25) is 5.02 Å². The van der Waals surface area contributed by atoms with Gasteiger partial charge in [0.25, 0.3) is 0 Å². The zero-order chi connectivity index (χ0) is 16.6. The highest BCUT2D eigenvalue weighted by molar-refractivity contribution is 7.13. The summed E-state index contributed by atoms with van der Waals surface area (Å²) < 4.78 is 5.79. The summed E-state index contributed by atoms with van der Waals surface area (Å²) >= 11 is 7.54. The lowest BCUT2D eigenvalue weighted by Gasteiger charge is -2.13. The molecule has 0 aliphatic carbocycles. The van der Waals surface area contributed by atoms with E-state index >= 15 is 0 Å². The highest BCUT2D eigenvalue weighted by atomic mass is 35.5. The standard InChI is InChI=1S/C17H18ClN3OS/c1-10(14-8-11-7-12(18)5-6-13(11)22-14)20-21-16-19-15(9-23-16)17(2,3)4/h5-9H,1-4H3,(H,19,21). The van der Waals surface area contributed by atoms with Crippen molar-refractivity contribution in [1.29, 1.82) is 0 Å². The van der Waals surface area contributed by atoms with Crippen molar-refractivity contribution in [2.24, 2.45) is 5.10 Å². The smallest absolute Gasteiger partial charge is 0.203 e. The maximum atomic E-state index is 6.00. The second kappa shape index (κ2) is 5.98. The van der Waals surface area contributed by atoms with Crippen LogP contribution in [0.3, 0.4) is 0 Å². The lowest BCUT2D eigenvalue weighted by Crippen LogP contribution is -2.11. The fourth-order valence-corrected chi connectivity index (χ4v) is 3.11. The van der Waals surface area contributed by atoms with Gasteiger partial charge in [0, 0.05) is 21.2 Å². The predicted molar refractivity (Wildman–Crippen MR) is 97.9 cm³/mol. The lowest BCUT2D eigenvalue weighted by molar-refractivity contribution is 0.573. The lowest BCUT2D eigenvalue weighted by atomic mass is 9.93. The molecule has 3 aromatic rings. The fraction of sp³-hybridized carbons (Fsp3) is 0.294. The minimum Gasteiger partial charge on any atom is -0.455 e. The Hall–Kier alpha value is -1.85. The first-order valence-electron chi connectivity index (χ1n) is 7.29. The molecular formula is C17H18ClN3OS. The van der Waals surface area contributed by atoms with Crippen LogP contribution < -0.4 is 5.43 Å².